The van der Waals surface area contributed by atoms with Crippen molar-refractivity contribution in [1.29, 1.82) is 0 Å². The summed E-state index contributed by atoms with van der Waals surface area (Å²) in [5, 5.41) is 9.25. The smallest absolute Gasteiger partial charge is 0.410 e. The van der Waals surface area contributed by atoms with E-state index in [-0.39, 0.29) is 12.7 Å². The molecule has 0 spiro atoms. The minimum atomic E-state index is -0.971. The summed E-state index contributed by atoms with van der Waals surface area (Å²) in [4.78, 5) is 25.7. The van der Waals surface area contributed by atoms with Crippen molar-refractivity contribution >= 4 is 12.1 Å². The van der Waals surface area contributed by atoms with E-state index in [4.69, 9.17) is 14.2 Å². The van der Waals surface area contributed by atoms with Gasteiger partial charge in [-0.1, -0.05) is 75.1 Å². The molecule has 0 aliphatic rings. The molecule has 0 fully saturated rings. The van der Waals surface area contributed by atoms with Crippen LogP contribution in [0.25, 0.3) is 0 Å². The molecule has 2 aromatic rings. The van der Waals surface area contributed by atoms with Crippen LogP contribution in [0.15, 0.2) is 54.6 Å². The predicted octanol–water partition coefficient (Wildman–Crippen LogP) is 5.71. The molecule has 0 aromatic heterocycles. The van der Waals surface area contributed by atoms with Gasteiger partial charge in [-0.25, -0.2) is 9.59 Å². The van der Waals surface area contributed by atoms with Gasteiger partial charge in [0, 0.05) is 19.6 Å². The van der Waals surface area contributed by atoms with Gasteiger partial charge in [0.25, 0.3) is 0 Å². The molecule has 1 unspecified atom stereocenters. The number of ether oxygens (including phenoxy) is 3. The van der Waals surface area contributed by atoms with Crippen molar-refractivity contribution in [3.8, 4) is 5.75 Å². The highest BCUT2D eigenvalue weighted by atomic mass is 16.6. The van der Waals surface area contributed by atoms with Gasteiger partial charge in [-0.3, -0.25) is 0 Å². The van der Waals surface area contributed by atoms with E-state index in [1.54, 1.807) is 11.8 Å². The van der Waals surface area contributed by atoms with Crippen LogP contribution in [0.4, 0.5) is 4.79 Å². The highest BCUT2D eigenvalue weighted by molar-refractivity contribution is 5.72. The molecular weight excluding hydrogens is 446 g/mol. The SMILES string of the molecule is CCCCCCCN(CCOc1ccc(CC(OCC)C(=O)O)cc1)C(=O)OCc1ccccc1. The van der Waals surface area contributed by atoms with Crippen LogP contribution in [0.5, 0.6) is 5.75 Å². The van der Waals surface area contributed by atoms with Crippen LogP contribution >= 0.6 is 0 Å². The first-order valence-electron chi connectivity index (χ1n) is 12.5. The topological polar surface area (TPSA) is 85.3 Å². The van der Waals surface area contributed by atoms with Crippen LogP contribution in [-0.2, 0) is 27.3 Å². The van der Waals surface area contributed by atoms with E-state index in [2.05, 4.69) is 6.92 Å². The molecule has 1 N–H and O–H groups in total. The molecule has 0 aliphatic heterocycles. The summed E-state index contributed by atoms with van der Waals surface area (Å²) in [7, 11) is 0. The molecule has 0 aliphatic carbocycles. The number of aliphatic carboxylic acids is 1. The van der Waals surface area contributed by atoms with E-state index in [9.17, 15) is 14.7 Å². The highest BCUT2D eigenvalue weighted by Crippen LogP contribution is 2.15. The zero-order valence-corrected chi connectivity index (χ0v) is 21.0. The van der Waals surface area contributed by atoms with Crippen LogP contribution in [0.3, 0.4) is 0 Å². The van der Waals surface area contributed by atoms with Gasteiger partial charge in [-0.2, -0.15) is 0 Å². The van der Waals surface area contributed by atoms with Crippen molar-refractivity contribution in [3.05, 3.63) is 65.7 Å². The van der Waals surface area contributed by atoms with Crippen LogP contribution in [0.1, 0.15) is 57.1 Å². The van der Waals surface area contributed by atoms with Crippen LogP contribution in [-0.4, -0.2) is 54.5 Å². The van der Waals surface area contributed by atoms with Gasteiger partial charge in [-0.15, -0.1) is 0 Å². The minimum Gasteiger partial charge on any atom is -0.492 e. The van der Waals surface area contributed by atoms with Crippen molar-refractivity contribution in [3.63, 3.8) is 0 Å². The first-order valence-corrected chi connectivity index (χ1v) is 12.5. The van der Waals surface area contributed by atoms with Gasteiger partial charge in [0.2, 0.25) is 0 Å². The Bertz CT molecular complexity index is 856. The largest absolute Gasteiger partial charge is 0.492 e. The number of nitrogens with zero attached hydrogens (tertiary/aromatic N) is 1. The molecule has 35 heavy (non-hydrogen) atoms. The van der Waals surface area contributed by atoms with Crippen molar-refractivity contribution in [1.82, 2.24) is 4.90 Å². The molecule has 2 rings (SSSR count). The summed E-state index contributed by atoms with van der Waals surface area (Å²) in [5.74, 6) is -0.307. The van der Waals surface area contributed by atoms with Crippen LogP contribution in [0, 0.1) is 0 Å². The number of hydrogen-bond donors (Lipinski definition) is 1. The van der Waals surface area contributed by atoms with Crippen molar-refractivity contribution < 1.29 is 28.9 Å². The molecule has 0 bridgehead atoms. The number of carboxylic acids is 1. The Balaban J connectivity index is 1.85. The number of carbonyl (C=O) groups is 2. The van der Waals surface area contributed by atoms with E-state index in [1.807, 2.05) is 54.6 Å². The Hall–Kier alpha value is -3.06. The summed E-state index contributed by atoms with van der Waals surface area (Å²) in [6.07, 6.45) is 4.66. The number of amides is 1. The molecule has 7 heteroatoms. The third-order valence-electron chi connectivity index (χ3n) is 5.61. The molecule has 0 saturated heterocycles. The lowest BCUT2D eigenvalue weighted by Crippen LogP contribution is -2.36. The number of rotatable bonds is 17. The maximum atomic E-state index is 12.7. The van der Waals surface area contributed by atoms with E-state index in [1.165, 1.54) is 12.8 Å². The molecule has 1 atom stereocenters. The first-order chi connectivity index (χ1) is 17.0. The first kappa shape index (κ1) is 28.2. The van der Waals surface area contributed by atoms with E-state index >= 15 is 0 Å². The zero-order chi connectivity index (χ0) is 25.3. The summed E-state index contributed by atoms with van der Waals surface area (Å²) in [6, 6.07) is 16.9. The van der Waals surface area contributed by atoms with Gasteiger partial charge in [-0.05, 0) is 36.6 Å². The number of carboxylic acid groups (broad SMARTS) is 1. The minimum absolute atomic E-state index is 0.243. The second kappa shape index (κ2) is 16.5. The lowest BCUT2D eigenvalue weighted by atomic mass is 10.1. The molecule has 7 nitrogen and oxygen atoms in total. The third-order valence-corrected chi connectivity index (χ3v) is 5.61. The average Bonchev–Trinajstić information content (AvgIpc) is 2.87. The van der Waals surface area contributed by atoms with Crippen molar-refractivity contribution in [2.45, 2.75) is 65.1 Å². The number of hydrogen-bond acceptors (Lipinski definition) is 5. The lowest BCUT2D eigenvalue weighted by Gasteiger charge is -2.22. The third kappa shape index (κ3) is 11.3. The summed E-state index contributed by atoms with van der Waals surface area (Å²) in [6.45, 7) is 5.95. The Kier molecular flexibility index (Phi) is 13.3. The van der Waals surface area contributed by atoms with Gasteiger partial charge < -0.3 is 24.2 Å². The van der Waals surface area contributed by atoms with E-state index in [0.29, 0.717) is 38.5 Å². The van der Waals surface area contributed by atoms with Gasteiger partial charge in [0.15, 0.2) is 6.10 Å². The quantitative estimate of drug-likeness (QED) is 0.289. The average molecular weight is 486 g/mol. The molecule has 192 valence electrons. The Morgan fingerprint density at radius 1 is 0.886 bits per heavy atom. The fraction of sp³-hybridized carbons (Fsp3) is 0.500. The monoisotopic (exact) mass is 485 g/mol. The highest BCUT2D eigenvalue weighted by Gasteiger charge is 2.18. The van der Waals surface area contributed by atoms with E-state index in [0.717, 1.165) is 30.4 Å². The number of benzene rings is 2. The fourth-order valence-electron chi connectivity index (χ4n) is 3.64. The van der Waals surface area contributed by atoms with Gasteiger partial charge in [0.05, 0.1) is 6.54 Å². The Morgan fingerprint density at radius 3 is 2.26 bits per heavy atom. The Labute approximate surface area is 209 Å². The predicted molar refractivity (Wildman–Crippen MR) is 136 cm³/mol. The standard InChI is InChI=1S/C28H39NO6/c1-3-5-6-7-11-18-29(28(32)35-22-24-12-9-8-10-13-24)19-20-34-25-16-14-23(15-17-25)21-26(27(30)31)33-4-2/h8-10,12-17,26H,3-7,11,18-22H2,1-2H3,(H,30,31). The maximum Gasteiger partial charge on any atom is 0.410 e. The molecule has 0 radical (unpaired) electrons. The van der Waals surface area contributed by atoms with Crippen LogP contribution in [0.2, 0.25) is 0 Å². The second-order valence-corrected chi connectivity index (χ2v) is 8.42. The van der Waals surface area contributed by atoms with Crippen molar-refractivity contribution in [2.75, 3.05) is 26.3 Å². The maximum absolute atomic E-state index is 12.7. The van der Waals surface area contributed by atoms with Gasteiger partial charge in [0.1, 0.15) is 19.0 Å². The second-order valence-electron chi connectivity index (χ2n) is 8.42. The molecule has 0 heterocycles. The zero-order valence-electron chi connectivity index (χ0n) is 21.0. The fourth-order valence-corrected chi connectivity index (χ4v) is 3.64. The summed E-state index contributed by atoms with van der Waals surface area (Å²) >= 11 is 0. The van der Waals surface area contributed by atoms with Crippen molar-refractivity contribution in [2.24, 2.45) is 0 Å². The molecule has 2 aromatic carbocycles. The molecule has 0 saturated carbocycles. The Morgan fingerprint density at radius 2 is 1.60 bits per heavy atom. The van der Waals surface area contributed by atoms with Gasteiger partial charge >= 0.3 is 12.1 Å². The molecular formula is C28H39NO6. The molecule has 1 amide bonds. The normalized spacial score (nSPS) is 11.6. The number of unbranched alkanes of at least 4 members (excludes halogenated alkanes) is 4. The summed E-state index contributed by atoms with van der Waals surface area (Å²) < 4.78 is 16.7. The number of carbonyl (C=O) groups excluding carboxylic acids is 1. The summed E-state index contributed by atoms with van der Waals surface area (Å²) in [5.41, 5.74) is 1.81. The van der Waals surface area contributed by atoms with Crippen LogP contribution < -0.4 is 4.74 Å². The lowest BCUT2D eigenvalue weighted by molar-refractivity contribution is -0.149. The van der Waals surface area contributed by atoms with E-state index < -0.39 is 12.1 Å².